The van der Waals surface area contributed by atoms with Crippen LogP contribution in [0.1, 0.15) is 143 Å². The fraction of sp³-hybridized carbons (Fsp3) is 0.375. The number of rotatable bonds is 27. The smallest absolute Gasteiger partial charge is 0.138 e. The number of aromatic nitrogens is 4. The molecule has 0 saturated carbocycles. The van der Waals surface area contributed by atoms with Gasteiger partial charge in [-0.2, -0.15) is 0 Å². The Kier molecular flexibility index (Phi) is 20.3. The molecule has 3 aromatic heterocycles. The summed E-state index contributed by atoms with van der Waals surface area (Å²) in [5, 5.41) is 0. The molecule has 0 unspecified atom stereocenters. The predicted octanol–water partition coefficient (Wildman–Crippen LogP) is 16.5. The summed E-state index contributed by atoms with van der Waals surface area (Å²) in [6, 6.07) is 29.7. The van der Waals surface area contributed by atoms with Gasteiger partial charge in [0.2, 0.25) is 0 Å². The maximum absolute atomic E-state index is 6.01. The van der Waals surface area contributed by atoms with Gasteiger partial charge in [0.1, 0.15) is 8.07 Å². The van der Waals surface area contributed by atoms with Crippen LogP contribution < -0.4 is 0 Å². The van der Waals surface area contributed by atoms with Crippen molar-refractivity contribution in [3.63, 3.8) is 0 Å². The van der Waals surface area contributed by atoms with Gasteiger partial charge in [0, 0.05) is 55.4 Å². The fourth-order valence-corrected chi connectivity index (χ4v) is 14.3. The maximum Gasteiger partial charge on any atom is 0.138 e. The number of hydrogen-bond acceptors (Lipinski definition) is 4. The van der Waals surface area contributed by atoms with Crippen molar-refractivity contribution in [2.24, 2.45) is 0 Å². The molecular weight excluding hydrogens is 885 g/mol. The highest BCUT2D eigenvalue weighted by atomic mass is 28.3. The minimum absolute atomic E-state index is 0.479. The van der Waals surface area contributed by atoms with Gasteiger partial charge in [0.15, 0.2) is 0 Å². The molecule has 0 spiro atoms. The molecule has 8 bridgehead atoms. The molecule has 7 rings (SSSR count). The molecular formula is C64H76N4O2Si. The molecule has 0 fully saturated rings. The molecule has 0 saturated heterocycles. The van der Waals surface area contributed by atoms with Crippen LogP contribution in [0.3, 0.4) is 0 Å². The zero-order valence-corrected chi connectivity index (χ0v) is 43.9. The van der Waals surface area contributed by atoms with E-state index >= 15 is 0 Å². The molecule has 7 heteroatoms. The van der Waals surface area contributed by atoms with Crippen molar-refractivity contribution in [2.45, 2.75) is 129 Å². The number of H-pyrrole nitrogens is 2. The van der Waals surface area contributed by atoms with Gasteiger partial charge in [0.05, 0.1) is 49.2 Å². The minimum Gasteiger partial charge on any atom is -0.377 e. The molecule has 2 N–H and O–H groups in total. The molecule has 0 radical (unpaired) electrons. The average Bonchev–Trinajstić information content (AvgIpc) is 4.26. The number of aromatic amines is 2. The summed E-state index contributed by atoms with van der Waals surface area (Å²) in [5.74, 6) is 6.59. The maximum atomic E-state index is 6.01. The summed E-state index contributed by atoms with van der Waals surface area (Å²) in [7, 11) is -1.82. The van der Waals surface area contributed by atoms with E-state index in [1.54, 1.807) is 12.2 Å². The van der Waals surface area contributed by atoms with E-state index in [1.165, 1.54) is 95.2 Å². The SMILES string of the molecule is C#Cc1ccc(-c2c3ccc([nH]3)c(CCOCC=C)c3nc(c(-c4ccc(C#C[Si](CCCCCC)(CCCCCC)CCCCCC)cc4)c4nc(c(CCOCC=C)c5ccc2[nH]5)C=C4)C=C3)cc1. The quantitative estimate of drug-likeness (QED) is 0.0233. The lowest BCUT2D eigenvalue weighted by Crippen LogP contribution is -2.32. The number of unbranched alkanes of at least 4 members (excludes halogenated alkanes) is 9. The van der Waals surface area contributed by atoms with Gasteiger partial charge in [0.25, 0.3) is 0 Å². The van der Waals surface area contributed by atoms with Gasteiger partial charge >= 0.3 is 0 Å². The van der Waals surface area contributed by atoms with E-state index in [-0.39, 0.29) is 0 Å². The molecule has 0 amide bonds. The van der Waals surface area contributed by atoms with Crippen molar-refractivity contribution >= 4 is 54.4 Å². The first kappa shape index (κ1) is 52.6. The summed E-state index contributed by atoms with van der Waals surface area (Å²) in [5.41, 5.74) is 19.7. The molecule has 2 aliphatic rings. The van der Waals surface area contributed by atoms with Gasteiger partial charge in [-0.15, -0.1) is 25.1 Å². The molecule has 5 heterocycles. The number of nitrogens with zero attached hydrogens (tertiary/aromatic N) is 2. The first-order valence-electron chi connectivity index (χ1n) is 26.6. The molecule has 71 heavy (non-hydrogen) atoms. The number of hydrogen-bond donors (Lipinski definition) is 2. The Labute approximate surface area is 426 Å². The second-order valence-corrected chi connectivity index (χ2v) is 23.5. The second-order valence-electron chi connectivity index (χ2n) is 19.2. The van der Waals surface area contributed by atoms with Crippen LogP contribution >= 0.6 is 0 Å². The number of benzene rings is 2. The van der Waals surface area contributed by atoms with Crippen LogP contribution in [0, 0.1) is 23.8 Å². The third-order valence-electron chi connectivity index (χ3n) is 13.9. The Balaban J connectivity index is 1.41. The van der Waals surface area contributed by atoms with Crippen LogP contribution in [-0.2, 0) is 22.3 Å². The van der Waals surface area contributed by atoms with Crippen LogP contribution in [0.15, 0.2) is 98.1 Å². The van der Waals surface area contributed by atoms with Gasteiger partial charge in [-0.25, -0.2) is 9.97 Å². The first-order valence-corrected chi connectivity index (χ1v) is 29.3. The Morgan fingerprint density at radius 3 is 1.38 bits per heavy atom. The monoisotopic (exact) mass is 961 g/mol. The summed E-state index contributed by atoms with van der Waals surface area (Å²) >= 11 is 0. The summed E-state index contributed by atoms with van der Waals surface area (Å²) in [4.78, 5) is 18.6. The van der Waals surface area contributed by atoms with E-state index < -0.39 is 8.07 Å². The average molecular weight is 961 g/mol. The zero-order valence-electron chi connectivity index (χ0n) is 42.9. The Hall–Kier alpha value is -6.22. The van der Waals surface area contributed by atoms with Crippen molar-refractivity contribution in [3.05, 3.63) is 143 Å². The number of terminal acetylenes is 1. The van der Waals surface area contributed by atoms with E-state index in [9.17, 15) is 0 Å². The molecule has 0 atom stereocenters. The van der Waals surface area contributed by atoms with E-state index in [1.807, 2.05) is 12.1 Å². The molecule has 2 aliphatic heterocycles. The van der Waals surface area contributed by atoms with Crippen molar-refractivity contribution in [1.82, 2.24) is 19.9 Å². The number of ether oxygens (including phenoxy) is 2. The Morgan fingerprint density at radius 2 is 0.944 bits per heavy atom. The largest absolute Gasteiger partial charge is 0.377 e. The normalized spacial score (nSPS) is 11.9. The van der Waals surface area contributed by atoms with E-state index in [2.05, 4.69) is 146 Å². The first-order chi connectivity index (χ1) is 34.9. The van der Waals surface area contributed by atoms with E-state index in [0.29, 0.717) is 39.3 Å². The highest BCUT2D eigenvalue weighted by Gasteiger charge is 2.30. The third kappa shape index (κ3) is 14.2. The Bertz CT molecular complexity index is 2750. The van der Waals surface area contributed by atoms with Crippen molar-refractivity contribution < 1.29 is 9.47 Å². The van der Waals surface area contributed by atoms with Gasteiger partial charge in [-0.3, -0.25) is 0 Å². The van der Waals surface area contributed by atoms with Gasteiger partial charge in [-0.1, -0.05) is 146 Å². The van der Waals surface area contributed by atoms with Crippen molar-refractivity contribution in [1.29, 1.82) is 0 Å². The molecule has 0 aliphatic carbocycles. The summed E-state index contributed by atoms with van der Waals surface area (Å²) in [6.45, 7) is 16.7. The molecule has 6 nitrogen and oxygen atoms in total. The molecule has 5 aromatic rings. The number of fused-ring (bicyclic) bond motifs is 8. The molecule has 368 valence electrons. The standard InChI is InChI=1S/C64H76N4O2Si/c1-7-13-16-19-45-71(46-20-17-14-8-2,47-21-18-15-9-3)48-40-50-24-28-52(29-25-50)64-61-36-32-57(67-61)53(38-43-69-41-10-4)55-30-34-59(65-55)63(51-26-22-49(12-6)23-27-51)60-35-31-56(66-60)54(39-44-70-42-11-5)58-33-37-62(64)68-58/h6,10-11,22-37,65-66H,4-5,7-9,13-21,38-39,41-47H2,1-3H3. The van der Waals surface area contributed by atoms with E-state index in [4.69, 9.17) is 25.9 Å². The number of nitrogens with one attached hydrogen (secondary N) is 2. The van der Waals surface area contributed by atoms with Crippen LogP contribution in [0.25, 0.3) is 68.6 Å². The summed E-state index contributed by atoms with van der Waals surface area (Å²) in [6.07, 6.45) is 34.9. The molecule has 2 aromatic carbocycles. The lowest BCUT2D eigenvalue weighted by atomic mass is 10.0. The van der Waals surface area contributed by atoms with Gasteiger partial charge < -0.3 is 19.4 Å². The second kappa shape index (κ2) is 27.4. The topological polar surface area (TPSA) is 75.8 Å². The highest BCUT2D eigenvalue weighted by molar-refractivity contribution is 6.87. The highest BCUT2D eigenvalue weighted by Crippen LogP contribution is 2.36. The fourth-order valence-electron chi connectivity index (χ4n) is 10.0. The van der Waals surface area contributed by atoms with Crippen LogP contribution in [0.2, 0.25) is 18.1 Å². The summed E-state index contributed by atoms with van der Waals surface area (Å²) < 4.78 is 12.0. The van der Waals surface area contributed by atoms with Crippen LogP contribution in [0.5, 0.6) is 0 Å². The Morgan fingerprint density at radius 1 is 0.521 bits per heavy atom. The lowest BCUT2D eigenvalue weighted by Gasteiger charge is -2.27. The van der Waals surface area contributed by atoms with Crippen LogP contribution in [0.4, 0.5) is 0 Å². The van der Waals surface area contributed by atoms with Crippen molar-refractivity contribution in [3.8, 4) is 46.1 Å². The van der Waals surface area contributed by atoms with Gasteiger partial charge in [-0.05, 0) is 115 Å². The lowest BCUT2D eigenvalue weighted by molar-refractivity contribution is 0.166. The van der Waals surface area contributed by atoms with Crippen LogP contribution in [-0.4, -0.2) is 54.4 Å². The van der Waals surface area contributed by atoms with E-state index in [0.717, 1.165) is 89.4 Å². The van der Waals surface area contributed by atoms with Crippen molar-refractivity contribution in [2.75, 3.05) is 26.4 Å². The third-order valence-corrected chi connectivity index (χ3v) is 18.5. The predicted molar refractivity (Wildman–Crippen MR) is 307 cm³/mol. The minimum atomic E-state index is -1.82. The zero-order chi connectivity index (χ0) is 49.7.